The number of hydrogen-bond donors (Lipinski definition) is 1. The lowest BCUT2D eigenvalue weighted by Gasteiger charge is -2.28. The minimum atomic E-state index is -2.91. The van der Waals surface area contributed by atoms with E-state index in [0.717, 1.165) is 25.3 Å². The lowest BCUT2D eigenvalue weighted by atomic mass is 10.1. The van der Waals surface area contributed by atoms with Crippen molar-refractivity contribution in [3.8, 4) is 0 Å². The maximum atomic E-state index is 11.8. The molecule has 0 saturated carbocycles. The van der Waals surface area contributed by atoms with Gasteiger partial charge in [-0.3, -0.25) is 0 Å². The normalized spacial score (nSPS) is 18.8. The summed E-state index contributed by atoms with van der Waals surface area (Å²) in [7, 11) is -2.91. The van der Waals surface area contributed by atoms with Gasteiger partial charge in [-0.25, -0.2) is 13.4 Å². The molecule has 1 aromatic heterocycles. The number of anilines is 2. The van der Waals surface area contributed by atoms with Crippen LogP contribution in [0.15, 0.2) is 42.6 Å². The minimum Gasteiger partial charge on any atom is -0.354 e. The average Bonchev–Trinajstić information content (AvgIpc) is 2.97. The van der Waals surface area contributed by atoms with Crippen molar-refractivity contribution in [3.05, 3.63) is 48.2 Å². The SMILES string of the molecule is CCN(c1ccnc(NCCc2ccccc2)n1)C1CCS(=O)(=O)C1. The number of rotatable bonds is 7. The molecule has 2 aromatic rings. The largest absolute Gasteiger partial charge is 0.354 e. The van der Waals surface area contributed by atoms with Gasteiger partial charge in [0.05, 0.1) is 11.5 Å². The summed E-state index contributed by atoms with van der Waals surface area (Å²) >= 11 is 0. The first-order valence-electron chi connectivity index (χ1n) is 8.65. The summed E-state index contributed by atoms with van der Waals surface area (Å²) in [5.41, 5.74) is 1.26. The average molecular weight is 360 g/mol. The molecule has 0 bridgehead atoms. The molecule has 0 amide bonds. The Kier molecular flexibility index (Phi) is 5.53. The first-order valence-corrected chi connectivity index (χ1v) is 10.5. The zero-order valence-electron chi connectivity index (χ0n) is 14.4. The maximum absolute atomic E-state index is 11.8. The second-order valence-corrected chi connectivity index (χ2v) is 8.47. The quantitative estimate of drug-likeness (QED) is 0.815. The molecule has 3 rings (SSSR count). The van der Waals surface area contributed by atoms with Gasteiger partial charge in [-0.2, -0.15) is 4.98 Å². The third-order valence-electron chi connectivity index (χ3n) is 4.46. The molecular formula is C18H24N4O2S. The Morgan fingerprint density at radius 2 is 2.04 bits per heavy atom. The van der Waals surface area contributed by atoms with Gasteiger partial charge in [-0.05, 0) is 31.4 Å². The van der Waals surface area contributed by atoms with Crippen molar-refractivity contribution in [2.75, 3.05) is 34.8 Å². The summed E-state index contributed by atoms with van der Waals surface area (Å²) < 4.78 is 23.5. The van der Waals surface area contributed by atoms with Gasteiger partial charge in [-0.1, -0.05) is 30.3 Å². The van der Waals surface area contributed by atoms with Crippen LogP contribution in [0.2, 0.25) is 0 Å². The summed E-state index contributed by atoms with van der Waals surface area (Å²) in [5, 5.41) is 3.25. The molecule has 7 heteroatoms. The monoisotopic (exact) mass is 360 g/mol. The van der Waals surface area contributed by atoms with Crippen LogP contribution in [0.4, 0.5) is 11.8 Å². The van der Waals surface area contributed by atoms with Crippen LogP contribution in [0.3, 0.4) is 0 Å². The Bertz CT molecular complexity index is 796. The second-order valence-electron chi connectivity index (χ2n) is 6.24. The van der Waals surface area contributed by atoms with E-state index in [2.05, 4.69) is 32.3 Å². The van der Waals surface area contributed by atoms with Gasteiger partial charge in [0.15, 0.2) is 9.84 Å². The van der Waals surface area contributed by atoms with E-state index in [4.69, 9.17) is 0 Å². The van der Waals surface area contributed by atoms with Crippen molar-refractivity contribution < 1.29 is 8.42 Å². The Labute approximate surface area is 149 Å². The summed E-state index contributed by atoms with van der Waals surface area (Å²) in [6, 6.07) is 12.1. The van der Waals surface area contributed by atoms with Crippen LogP contribution in [0.1, 0.15) is 18.9 Å². The van der Waals surface area contributed by atoms with Crippen LogP contribution >= 0.6 is 0 Å². The Balaban J connectivity index is 1.64. The van der Waals surface area contributed by atoms with Gasteiger partial charge >= 0.3 is 0 Å². The molecule has 2 heterocycles. The van der Waals surface area contributed by atoms with Crippen molar-refractivity contribution in [2.24, 2.45) is 0 Å². The molecule has 0 radical (unpaired) electrons. The van der Waals surface area contributed by atoms with Crippen molar-refractivity contribution in [3.63, 3.8) is 0 Å². The summed E-state index contributed by atoms with van der Waals surface area (Å²) in [4.78, 5) is 10.9. The molecular weight excluding hydrogens is 336 g/mol. The van der Waals surface area contributed by atoms with E-state index in [1.54, 1.807) is 6.20 Å². The molecule has 1 aliphatic rings. The van der Waals surface area contributed by atoms with Crippen molar-refractivity contribution >= 4 is 21.6 Å². The summed E-state index contributed by atoms with van der Waals surface area (Å²) in [6.45, 7) is 3.49. The van der Waals surface area contributed by atoms with Crippen LogP contribution in [0, 0.1) is 0 Å². The zero-order chi connectivity index (χ0) is 17.7. The number of benzene rings is 1. The molecule has 1 atom stereocenters. The standard InChI is InChI=1S/C18H24N4O2S/c1-2-22(16-10-13-25(23,24)14-16)17-9-12-20-18(21-17)19-11-8-15-6-4-3-5-7-15/h3-7,9,12,16H,2,8,10-11,13-14H2,1H3,(H,19,20,21). The highest BCUT2D eigenvalue weighted by molar-refractivity contribution is 7.91. The van der Waals surface area contributed by atoms with E-state index in [0.29, 0.717) is 12.4 Å². The number of nitrogens with one attached hydrogen (secondary N) is 1. The molecule has 25 heavy (non-hydrogen) atoms. The van der Waals surface area contributed by atoms with Crippen LogP contribution in [-0.4, -0.2) is 49.0 Å². The van der Waals surface area contributed by atoms with Gasteiger partial charge < -0.3 is 10.2 Å². The van der Waals surface area contributed by atoms with E-state index in [9.17, 15) is 8.42 Å². The highest BCUT2D eigenvalue weighted by Crippen LogP contribution is 2.23. The van der Waals surface area contributed by atoms with E-state index in [1.807, 2.05) is 31.2 Å². The Hall–Kier alpha value is -2.15. The predicted molar refractivity (Wildman–Crippen MR) is 101 cm³/mol. The van der Waals surface area contributed by atoms with Crippen LogP contribution in [-0.2, 0) is 16.3 Å². The molecule has 0 spiro atoms. The molecule has 1 aromatic carbocycles. The van der Waals surface area contributed by atoms with E-state index in [-0.39, 0.29) is 17.5 Å². The van der Waals surface area contributed by atoms with Crippen LogP contribution < -0.4 is 10.2 Å². The number of hydrogen-bond acceptors (Lipinski definition) is 6. The lowest BCUT2D eigenvalue weighted by Crippen LogP contribution is -2.36. The molecule has 0 aliphatic carbocycles. The van der Waals surface area contributed by atoms with Gasteiger partial charge in [0.25, 0.3) is 0 Å². The highest BCUT2D eigenvalue weighted by atomic mass is 32.2. The van der Waals surface area contributed by atoms with Gasteiger partial charge in [-0.15, -0.1) is 0 Å². The zero-order valence-corrected chi connectivity index (χ0v) is 15.2. The molecule has 134 valence electrons. The third-order valence-corrected chi connectivity index (χ3v) is 6.21. The van der Waals surface area contributed by atoms with E-state index < -0.39 is 9.84 Å². The van der Waals surface area contributed by atoms with Crippen LogP contribution in [0.25, 0.3) is 0 Å². The molecule has 1 N–H and O–H groups in total. The summed E-state index contributed by atoms with van der Waals surface area (Å²) in [5.74, 6) is 1.83. The number of sulfone groups is 1. The molecule has 1 fully saturated rings. The molecule has 6 nitrogen and oxygen atoms in total. The van der Waals surface area contributed by atoms with E-state index in [1.165, 1.54) is 5.56 Å². The smallest absolute Gasteiger partial charge is 0.224 e. The van der Waals surface area contributed by atoms with Gasteiger partial charge in [0.2, 0.25) is 5.95 Å². The van der Waals surface area contributed by atoms with Crippen molar-refractivity contribution in [2.45, 2.75) is 25.8 Å². The van der Waals surface area contributed by atoms with Gasteiger partial charge in [0.1, 0.15) is 5.82 Å². The topological polar surface area (TPSA) is 75.2 Å². The first kappa shape index (κ1) is 17.7. The summed E-state index contributed by atoms with van der Waals surface area (Å²) in [6.07, 6.45) is 3.28. The molecule has 1 aliphatic heterocycles. The fourth-order valence-corrected chi connectivity index (χ4v) is 4.92. The molecule has 1 saturated heterocycles. The number of nitrogens with zero attached hydrogens (tertiary/aromatic N) is 3. The maximum Gasteiger partial charge on any atom is 0.224 e. The lowest BCUT2D eigenvalue weighted by molar-refractivity contribution is 0.599. The predicted octanol–water partition coefficient (Wildman–Crippen LogP) is 2.14. The van der Waals surface area contributed by atoms with E-state index >= 15 is 0 Å². The van der Waals surface area contributed by atoms with Crippen molar-refractivity contribution in [1.29, 1.82) is 0 Å². The first-order chi connectivity index (χ1) is 12.1. The molecule has 1 unspecified atom stereocenters. The Morgan fingerprint density at radius 1 is 1.24 bits per heavy atom. The second kappa shape index (κ2) is 7.82. The van der Waals surface area contributed by atoms with Crippen molar-refractivity contribution in [1.82, 2.24) is 9.97 Å². The van der Waals surface area contributed by atoms with Gasteiger partial charge in [0, 0.05) is 25.3 Å². The third kappa shape index (κ3) is 4.69. The fourth-order valence-electron chi connectivity index (χ4n) is 3.19. The Morgan fingerprint density at radius 3 is 2.72 bits per heavy atom. The minimum absolute atomic E-state index is 0.00192. The number of aromatic nitrogens is 2. The fraction of sp³-hybridized carbons (Fsp3) is 0.444. The van der Waals surface area contributed by atoms with Crippen LogP contribution in [0.5, 0.6) is 0 Å². The highest BCUT2D eigenvalue weighted by Gasteiger charge is 2.32.